The van der Waals surface area contributed by atoms with Gasteiger partial charge in [0.1, 0.15) is 11.6 Å². The van der Waals surface area contributed by atoms with Crippen LogP contribution >= 0.6 is 23.2 Å². The number of primary amides is 1. The van der Waals surface area contributed by atoms with E-state index in [-0.39, 0.29) is 12.2 Å². The Balaban J connectivity index is 1.52. The number of hydrogen-bond donors (Lipinski definition) is 2. The number of fused-ring (bicyclic) bond motifs is 1. The van der Waals surface area contributed by atoms with Crippen LogP contribution in [0.25, 0.3) is 22.4 Å². The maximum atomic E-state index is 12.7. The lowest BCUT2D eigenvalue weighted by Crippen LogP contribution is -2.26. The van der Waals surface area contributed by atoms with Crippen LogP contribution in [0, 0.1) is 13.8 Å². The molecule has 1 unspecified atom stereocenters. The van der Waals surface area contributed by atoms with Crippen LogP contribution in [-0.4, -0.2) is 34.9 Å². The van der Waals surface area contributed by atoms with Crippen LogP contribution in [0.2, 0.25) is 10.0 Å². The third-order valence-electron chi connectivity index (χ3n) is 7.64. The molecule has 5 aromatic rings. The number of carbonyl (C=O) groups excluding carboxylic acids is 1. The van der Waals surface area contributed by atoms with E-state index in [2.05, 4.69) is 23.9 Å². The molecule has 0 aliphatic carbocycles. The number of ether oxygens (including phenoxy) is 1. The van der Waals surface area contributed by atoms with E-state index in [9.17, 15) is 18.0 Å². The number of nitrogens with two attached hydrogens (primary N) is 1. The SMILES string of the molecule is [CH2]CN(C[CH2])c1ccc(-c2nc3cc(C(CC(N)=O)NCc4ccc(Cl)c(Cl)c4)ccc3n2Cc2ccc(OC(F)(F)F)cc2)cc1. The van der Waals surface area contributed by atoms with Gasteiger partial charge in [0.15, 0.2) is 0 Å². The summed E-state index contributed by atoms with van der Waals surface area (Å²) < 4.78 is 44.2. The van der Waals surface area contributed by atoms with E-state index in [0.717, 1.165) is 33.5 Å². The largest absolute Gasteiger partial charge is 0.573 e. The van der Waals surface area contributed by atoms with Crippen LogP contribution in [0.3, 0.4) is 0 Å². The first-order chi connectivity index (χ1) is 22.4. The molecule has 1 amide bonds. The number of halogens is 5. The molecule has 1 heterocycles. The second kappa shape index (κ2) is 14.7. The standard InChI is InChI=1S/C35H32Cl2F3N5O2/c1-3-44(4-2)26-11-8-24(9-12-26)34-43-31-18-25(30(19-33(41)46)42-20-23-7-15-28(36)29(37)17-23)10-16-32(31)45(34)21-22-5-13-27(14-6-22)47-35(38,39)40/h5-18,30,42H,1-4,19-21H2,(H2,41,46). The summed E-state index contributed by atoms with van der Waals surface area (Å²) in [6.07, 6.45) is -4.73. The van der Waals surface area contributed by atoms with Crippen molar-refractivity contribution in [2.24, 2.45) is 5.73 Å². The van der Waals surface area contributed by atoms with Crippen molar-refractivity contribution in [1.29, 1.82) is 0 Å². The summed E-state index contributed by atoms with van der Waals surface area (Å²) in [6.45, 7) is 9.77. The predicted octanol–water partition coefficient (Wildman–Crippen LogP) is 8.14. The number of alkyl halides is 3. The molecule has 1 atom stereocenters. The van der Waals surface area contributed by atoms with Crippen LogP contribution in [0.1, 0.15) is 29.2 Å². The van der Waals surface area contributed by atoms with E-state index in [1.54, 1.807) is 24.3 Å². The summed E-state index contributed by atoms with van der Waals surface area (Å²) in [5, 5.41) is 4.27. The lowest BCUT2D eigenvalue weighted by Gasteiger charge is -2.21. The minimum absolute atomic E-state index is 0.0449. The summed E-state index contributed by atoms with van der Waals surface area (Å²) >= 11 is 12.3. The van der Waals surface area contributed by atoms with Crippen molar-refractivity contribution in [3.63, 3.8) is 0 Å². The number of hydrogen-bond acceptors (Lipinski definition) is 5. The molecule has 0 aliphatic rings. The summed E-state index contributed by atoms with van der Waals surface area (Å²) in [4.78, 5) is 19.1. The van der Waals surface area contributed by atoms with Gasteiger partial charge in [-0.15, -0.1) is 13.2 Å². The molecule has 244 valence electrons. The van der Waals surface area contributed by atoms with Crippen molar-refractivity contribution in [3.8, 4) is 17.1 Å². The molecule has 0 aliphatic heterocycles. The lowest BCUT2D eigenvalue weighted by atomic mass is 10.0. The molecule has 0 saturated carbocycles. The van der Waals surface area contributed by atoms with Crippen LogP contribution in [-0.2, 0) is 17.9 Å². The van der Waals surface area contributed by atoms with Gasteiger partial charge in [0.05, 0.1) is 21.1 Å². The van der Waals surface area contributed by atoms with E-state index in [1.807, 2.05) is 58.0 Å². The Labute approximate surface area is 281 Å². The molecule has 7 nitrogen and oxygen atoms in total. The molecule has 5 rings (SSSR count). The number of nitrogens with one attached hydrogen (secondary N) is 1. The number of benzene rings is 4. The Morgan fingerprint density at radius 1 is 0.936 bits per heavy atom. The molecule has 1 aromatic heterocycles. The van der Waals surface area contributed by atoms with Gasteiger partial charge in [-0.3, -0.25) is 4.79 Å². The molecule has 12 heteroatoms. The normalized spacial score (nSPS) is 12.3. The molecule has 2 radical (unpaired) electrons. The molecule has 0 fully saturated rings. The summed E-state index contributed by atoms with van der Waals surface area (Å²) in [5.41, 5.74) is 11.3. The van der Waals surface area contributed by atoms with E-state index in [4.69, 9.17) is 33.9 Å². The average molecular weight is 683 g/mol. The van der Waals surface area contributed by atoms with Crippen LogP contribution in [0.4, 0.5) is 18.9 Å². The Morgan fingerprint density at radius 3 is 2.23 bits per heavy atom. The molecular formula is C35H32Cl2F3N5O2. The predicted molar refractivity (Wildman–Crippen MR) is 180 cm³/mol. The van der Waals surface area contributed by atoms with Gasteiger partial charge in [0.2, 0.25) is 5.91 Å². The van der Waals surface area contributed by atoms with Crippen molar-refractivity contribution < 1.29 is 22.7 Å². The van der Waals surface area contributed by atoms with E-state index in [0.29, 0.717) is 47.6 Å². The minimum atomic E-state index is -4.78. The molecule has 0 saturated heterocycles. The van der Waals surface area contributed by atoms with Crippen molar-refractivity contribution in [1.82, 2.24) is 14.9 Å². The van der Waals surface area contributed by atoms with Crippen molar-refractivity contribution in [2.45, 2.75) is 31.9 Å². The smallest absolute Gasteiger partial charge is 0.406 e. The fourth-order valence-corrected chi connectivity index (χ4v) is 5.63. The highest BCUT2D eigenvalue weighted by molar-refractivity contribution is 6.42. The first-order valence-electron chi connectivity index (χ1n) is 14.7. The number of carbonyl (C=O) groups is 1. The zero-order valence-corrected chi connectivity index (χ0v) is 26.7. The zero-order valence-electron chi connectivity index (χ0n) is 25.2. The second-order valence-corrected chi connectivity index (χ2v) is 11.7. The number of rotatable bonds is 13. The number of nitrogens with zero attached hydrogens (tertiary/aromatic N) is 3. The summed E-state index contributed by atoms with van der Waals surface area (Å²) in [5.74, 6) is -0.114. The number of imidazole rings is 1. The van der Waals surface area contributed by atoms with E-state index >= 15 is 0 Å². The monoisotopic (exact) mass is 681 g/mol. The van der Waals surface area contributed by atoms with Gasteiger partial charge in [0.25, 0.3) is 0 Å². The van der Waals surface area contributed by atoms with Gasteiger partial charge in [-0.05, 0) is 91.2 Å². The Hall–Kier alpha value is -4.25. The molecule has 47 heavy (non-hydrogen) atoms. The van der Waals surface area contributed by atoms with Gasteiger partial charge in [-0.1, -0.05) is 47.5 Å². The van der Waals surface area contributed by atoms with Gasteiger partial charge >= 0.3 is 6.36 Å². The quantitative estimate of drug-likeness (QED) is 0.131. The zero-order chi connectivity index (χ0) is 33.7. The summed E-state index contributed by atoms with van der Waals surface area (Å²) in [6, 6.07) is 24.2. The van der Waals surface area contributed by atoms with Crippen LogP contribution < -0.4 is 20.7 Å². The Bertz CT molecular complexity index is 1840. The third kappa shape index (κ3) is 8.57. The Morgan fingerprint density at radius 2 is 1.62 bits per heavy atom. The number of anilines is 1. The summed E-state index contributed by atoms with van der Waals surface area (Å²) in [7, 11) is 0. The fourth-order valence-electron chi connectivity index (χ4n) is 5.31. The number of aromatic nitrogens is 2. The highest BCUT2D eigenvalue weighted by Gasteiger charge is 2.31. The van der Waals surface area contributed by atoms with Gasteiger partial charge in [-0.2, -0.15) is 0 Å². The molecule has 0 bridgehead atoms. The average Bonchev–Trinajstić information content (AvgIpc) is 3.39. The lowest BCUT2D eigenvalue weighted by molar-refractivity contribution is -0.274. The Kier molecular flexibility index (Phi) is 10.6. The maximum Gasteiger partial charge on any atom is 0.573 e. The van der Waals surface area contributed by atoms with Crippen LogP contribution in [0.5, 0.6) is 5.75 Å². The van der Waals surface area contributed by atoms with E-state index < -0.39 is 18.3 Å². The van der Waals surface area contributed by atoms with Gasteiger partial charge in [0, 0.05) is 49.9 Å². The third-order valence-corrected chi connectivity index (χ3v) is 8.38. The first-order valence-corrected chi connectivity index (χ1v) is 15.4. The fraction of sp³-hybridized carbons (Fsp3) is 0.200. The first kappa shape index (κ1) is 34.1. The second-order valence-electron chi connectivity index (χ2n) is 10.8. The van der Waals surface area contributed by atoms with Crippen molar-refractivity contribution in [3.05, 3.63) is 126 Å². The topological polar surface area (TPSA) is 85.4 Å². The van der Waals surface area contributed by atoms with E-state index in [1.165, 1.54) is 12.1 Å². The molecule has 4 aromatic carbocycles. The minimum Gasteiger partial charge on any atom is -0.406 e. The van der Waals surface area contributed by atoms with Gasteiger partial charge < -0.3 is 25.3 Å². The highest BCUT2D eigenvalue weighted by atomic mass is 35.5. The number of amides is 1. The maximum absolute atomic E-state index is 12.7. The molecule has 3 N–H and O–H groups in total. The van der Waals surface area contributed by atoms with Crippen LogP contribution in [0.15, 0.2) is 84.9 Å². The van der Waals surface area contributed by atoms with Crippen molar-refractivity contribution in [2.75, 3.05) is 18.0 Å². The molecular weight excluding hydrogens is 650 g/mol. The van der Waals surface area contributed by atoms with Gasteiger partial charge in [-0.25, -0.2) is 4.98 Å². The molecule has 0 spiro atoms. The van der Waals surface area contributed by atoms with Crippen molar-refractivity contribution >= 4 is 45.8 Å². The highest BCUT2D eigenvalue weighted by Crippen LogP contribution is 2.31.